The normalized spacial score (nSPS) is 14.4. The summed E-state index contributed by atoms with van der Waals surface area (Å²) in [6, 6.07) is 0.0260. The number of rotatable bonds is 10. The van der Waals surface area contributed by atoms with Crippen LogP contribution in [0, 0.1) is 12.3 Å². The fourth-order valence-corrected chi connectivity index (χ4v) is 1.14. The molecule has 4 nitrogen and oxygen atoms in total. The molecule has 0 aromatic heterocycles. The molecule has 0 bridgehead atoms. The highest BCUT2D eigenvalue weighted by Crippen LogP contribution is 1.90. The molecule has 0 spiro atoms. The van der Waals surface area contributed by atoms with Crippen molar-refractivity contribution in [2.45, 2.75) is 32.4 Å². The van der Waals surface area contributed by atoms with E-state index in [9.17, 15) is 5.11 Å². The molecule has 0 aliphatic carbocycles. The molecule has 2 atom stereocenters. The van der Waals surface area contributed by atoms with Crippen molar-refractivity contribution < 1.29 is 14.6 Å². The molecule has 0 heterocycles. The van der Waals surface area contributed by atoms with Crippen LogP contribution in [0.15, 0.2) is 0 Å². The second-order valence-electron chi connectivity index (χ2n) is 3.46. The van der Waals surface area contributed by atoms with Crippen molar-refractivity contribution in [2.75, 3.05) is 33.0 Å². The Labute approximate surface area is 98.3 Å². The van der Waals surface area contributed by atoms with Gasteiger partial charge >= 0.3 is 0 Å². The van der Waals surface area contributed by atoms with E-state index in [1.165, 1.54) is 0 Å². The van der Waals surface area contributed by atoms with Gasteiger partial charge < -0.3 is 19.9 Å². The molecule has 0 aliphatic heterocycles. The van der Waals surface area contributed by atoms with E-state index < -0.39 is 6.10 Å². The summed E-state index contributed by atoms with van der Waals surface area (Å²) in [5, 5.41) is 12.6. The Morgan fingerprint density at radius 3 is 2.56 bits per heavy atom. The predicted octanol–water partition coefficient (Wildman–Crippen LogP) is 0.402. The molecule has 0 rings (SSSR count). The molecule has 94 valence electrons. The predicted molar refractivity (Wildman–Crippen MR) is 64.2 cm³/mol. The smallest absolute Gasteiger partial charge is 0.0898 e. The maximum Gasteiger partial charge on any atom is 0.0898 e. The molecule has 0 saturated carbocycles. The van der Waals surface area contributed by atoms with Crippen LogP contribution < -0.4 is 5.32 Å². The van der Waals surface area contributed by atoms with E-state index in [0.29, 0.717) is 33.0 Å². The van der Waals surface area contributed by atoms with Gasteiger partial charge in [0.2, 0.25) is 0 Å². The molecule has 4 heteroatoms. The minimum atomic E-state index is -0.524. The SMILES string of the molecule is C#CC(CC)NCC(O)COCCOCC. The van der Waals surface area contributed by atoms with Crippen LogP contribution in [-0.4, -0.2) is 50.2 Å². The van der Waals surface area contributed by atoms with Gasteiger partial charge in [0.15, 0.2) is 0 Å². The van der Waals surface area contributed by atoms with E-state index in [4.69, 9.17) is 15.9 Å². The van der Waals surface area contributed by atoms with Gasteiger partial charge in [-0.05, 0) is 13.3 Å². The van der Waals surface area contributed by atoms with E-state index in [-0.39, 0.29) is 6.04 Å². The third-order valence-electron chi connectivity index (χ3n) is 2.10. The van der Waals surface area contributed by atoms with Crippen LogP contribution in [0.4, 0.5) is 0 Å². The average Bonchev–Trinajstić information content (AvgIpc) is 2.30. The summed E-state index contributed by atoms with van der Waals surface area (Å²) in [5.74, 6) is 2.61. The molecule has 16 heavy (non-hydrogen) atoms. The largest absolute Gasteiger partial charge is 0.389 e. The number of ether oxygens (including phenoxy) is 2. The Morgan fingerprint density at radius 1 is 1.31 bits per heavy atom. The zero-order valence-electron chi connectivity index (χ0n) is 10.2. The first-order chi connectivity index (χ1) is 7.74. The topological polar surface area (TPSA) is 50.7 Å². The van der Waals surface area contributed by atoms with Crippen LogP contribution in [-0.2, 0) is 9.47 Å². The maximum absolute atomic E-state index is 9.55. The van der Waals surface area contributed by atoms with Gasteiger partial charge in [-0.2, -0.15) is 0 Å². The third-order valence-corrected chi connectivity index (χ3v) is 2.10. The Balaban J connectivity index is 3.37. The molecular weight excluding hydrogens is 206 g/mol. The highest BCUT2D eigenvalue weighted by atomic mass is 16.5. The Morgan fingerprint density at radius 2 is 2.00 bits per heavy atom. The average molecular weight is 229 g/mol. The van der Waals surface area contributed by atoms with E-state index >= 15 is 0 Å². The fraction of sp³-hybridized carbons (Fsp3) is 0.833. The standard InChI is InChI=1S/C12H23NO3/c1-4-11(5-2)13-9-12(14)10-16-8-7-15-6-3/h1,11-14H,5-10H2,2-3H3. The Kier molecular flexibility index (Phi) is 10.5. The lowest BCUT2D eigenvalue weighted by Gasteiger charge is -2.15. The maximum atomic E-state index is 9.55. The van der Waals surface area contributed by atoms with Gasteiger partial charge in [0.05, 0.1) is 32.0 Å². The first-order valence-electron chi connectivity index (χ1n) is 5.77. The van der Waals surface area contributed by atoms with Gasteiger partial charge in [-0.25, -0.2) is 0 Å². The number of aliphatic hydroxyl groups is 1. The van der Waals surface area contributed by atoms with Gasteiger partial charge in [-0.1, -0.05) is 12.8 Å². The molecule has 0 fully saturated rings. The summed E-state index contributed by atoms with van der Waals surface area (Å²) in [6.07, 6.45) is 5.61. The number of hydrogen-bond acceptors (Lipinski definition) is 4. The van der Waals surface area contributed by atoms with Crippen molar-refractivity contribution in [3.05, 3.63) is 0 Å². The second kappa shape index (κ2) is 10.9. The Bertz CT molecular complexity index is 191. The van der Waals surface area contributed by atoms with Crippen LogP contribution in [0.25, 0.3) is 0 Å². The summed E-state index contributed by atoms with van der Waals surface area (Å²) in [4.78, 5) is 0. The number of nitrogens with one attached hydrogen (secondary N) is 1. The van der Waals surface area contributed by atoms with Gasteiger partial charge in [-0.3, -0.25) is 0 Å². The van der Waals surface area contributed by atoms with Crippen LogP contribution in [0.2, 0.25) is 0 Å². The lowest BCUT2D eigenvalue weighted by molar-refractivity contribution is 0.00614. The van der Waals surface area contributed by atoms with Crippen molar-refractivity contribution in [2.24, 2.45) is 0 Å². The van der Waals surface area contributed by atoms with Crippen molar-refractivity contribution in [3.8, 4) is 12.3 Å². The second-order valence-corrected chi connectivity index (χ2v) is 3.46. The molecule has 0 amide bonds. The van der Waals surface area contributed by atoms with Crippen LogP contribution >= 0.6 is 0 Å². The number of terminal acetylenes is 1. The first-order valence-corrected chi connectivity index (χ1v) is 5.77. The molecule has 0 aromatic carbocycles. The van der Waals surface area contributed by atoms with Gasteiger partial charge in [0.25, 0.3) is 0 Å². The van der Waals surface area contributed by atoms with Crippen molar-refractivity contribution in [3.63, 3.8) is 0 Å². The lowest BCUT2D eigenvalue weighted by atomic mass is 10.2. The van der Waals surface area contributed by atoms with E-state index in [0.717, 1.165) is 6.42 Å². The molecule has 0 aromatic rings. The summed E-state index contributed by atoms with van der Waals surface area (Å²) in [5.41, 5.74) is 0. The number of hydrogen-bond donors (Lipinski definition) is 2. The van der Waals surface area contributed by atoms with E-state index in [2.05, 4.69) is 11.2 Å². The lowest BCUT2D eigenvalue weighted by Crippen LogP contribution is -2.36. The Hall–Kier alpha value is -0.600. The third kappa shape index (κ3) is 8.69. The molecule has 0 radical (unpaired) electrons. The van der Waals surface area contributed by atoms with Gasteiger partial charge in [0.1, 0.15) is 0 Å². The summed E-state index contributed by atoms with van der Waals surface area (Å²) in [7, 11) is 0. The fourth-order valence-electron chi connectivity index (χ4n) is 1.14. The van der Waals surface area contributed by atoms with Crippen LogP contribution in [0.5, 0.6) is 0 Å². The molecular formula is C12H23NO3. The van der Waals surface area contributed by atoms with Crippen LogP contribution in [0.3, 0.4) is 0 Å². The zero-order valence-corrected chi connectivity index (χ0v) is 10.2. The quantitative estimate of drug-likeness (QED) is 0.420. The summed E-state index contributed by atoms with van der Waals surface area (Å²) < 4.78 is 10.3. The minimum absolute atomic E-state index is 0.0260. The van der Waals surface area contributed by atoms with Crippen LogP contribution in [0.1, 0.15) is 20.3 Å². The summed E-state index contributed by atoms with van der Waals surface area (Å²) in [6.45, 7) is 6.47. The molecule has 2 unspecified atom stereocenters. The molecule has 2 N–H and O–H groups in total. The minimum Gasteiger partial charge on any atom is -0.389 e. The van der Waals surface area contributed by atoms with Crippen molar-refractivity contribution >= 4 is 0 Å². The highest BCUT2D eigenvalue weighted by Gasteiger charge is 2.06. The highest BCUT2D eigenvalue weighted by molar-refractivity contribution is 4.97. The summed E-state index contributed by atoms with van der Waals surface area (Å²) >= 11 is 0. The molecule has 0 saturated heterocycles. The van der Waals surface area contributed by atoms with E-state index in [1.807, 2.05) is 13.8 Å². The van der Waals surface area contributed by atoms with E-state index in [1.54, 1.807) is 0 Å². The zero-order chi connectivity index (χ0) is 12.2. The monoisotopic (exact) mass is 229 g/mol. The first kappa shape index (κ1) is 15.4. The van der Waals surface area contributed by atoms with Gasteiger partial charge in [0, 0.05) is 13.2 Å². The van der Waals surface area contributed by atoms with Crippen molar-refractivity contribution in [1.29, 1.82) is 0 Å². The number of aliphatic hydroxyl groups excluding tert-OH is 1. The molecule has 0 aliphatic rings. The van der Waals surface area contributed by atoms with Crippen molar-refractivity contribution in [1.82, 2.24) is 5.32 Å². The van der Waals surface area contributed by atoms with Gasteiger partial charge in [-0.15, -0.1) is 6.42 Å².